The molecule has 1 amide bonds. The van der Waals surface area contributed by atoms with Crippen molar-refractivity contribution in [3.05, 3.63) is 60.3 Å². The largest absolute Gasteiger partial charge is 0.384 e. The molecule has 0 bridgehead atoms. The summed E-state index contributed by atoms with van der Waals surface area (Å²) in [5, 5.41) is 2.08. The number of rotatable bonds is 5. The molecule has 0 spiro atoms. The molecule has 4 rings (SSSR count). The Bertz CT molecular complexity index is 996. The van der Waals surface area contributed by atoms with Crippen LogP contribution in [0.5, 0.6) is 0 Å². The summed E-state index contributed by atoms with van der Waals surface area (Å²) >= 11 is 0. The fourth-order valence-electron chi connectivity index (χ4n) is 3.74. The quantitative estimate of drug-likeness (QED) is 0.728. The van der Waals surface area contributed by atoms with E-state index in [-0.39, 0.29) is 12.0 Å². The molecule has 1 aromatic heterocycles. The molecule has 0 aliphatic carbocycles. The van der Waals surface area contributed by atoms with Gasteiger partial charge in [0.15, 0.2) is 0 Å². The first kappa shape index (κ1) is 18.4. The Morgan fingerprint density at radius 2 is 2.04 bits per heavy atom. The third-order valence-electron chi connectivity index (χ3n) is 5.30. The monoisotopic (exact) mass is 375 g/mol. The Hall–Kier alpha value is -2.92. The van der Waals surface area contributed by atoms with Gasteiger partial charge in [-0.2, -0.15) is 0 Å². The van der Waals surface area contributed by atoms with E-state index in [9.17, 15) is 4.79 Å². The number of anilines is 1. The van der Waals surface area contributed by atoms with Gasteiger partial charge in [-0.25, -0.2) is 4.98 Å². The van der Waals surface area contributed by atoms with Crippen LogP contribution in [0, 0.1) is 0 Å². The van der Waals surface area contributed by atoms with Gasteiger partial charge in [0.25, 0.3) is 5.91 Å². The zero-order valence-electron chi connectivity index (χ0n) is 16.1. The van der Waals surface area contributed by atoms with E-state index >= 15 is 0 Å². The van der Waals surface area contributed by atoms with Crippen LogP contribution in [0.15, 0.2) is 54.7 Å². The predicted octanol–water partition coefficient (Wildman–Crippen LogP) is 4.13. The molecule has 1 atom stereocenters. The molecule has 5 nitrogen and oxygen atoms in total. The average molecular weight is 375 g/mol. The van der Waals surface area contributed by atoms with Gasteiger partial charge >= 0.3 is 0 Å². The molecular formula is C23H25N3O2. The fourth-order valence-corrected chi connectivity index (χ4v) is 3.74. The summed E-state index contributed by atoms with van der Waals surface area (Å²) in [5.41, 5.74) is 8.58. The van der Waals surface area contributed by atoms with E-state index in [1.54, 1.807) is 6.20 Å². The number of hydrogen-bond acceptors (Lipinski definition) is 4. The number of nitrogens with two attached hydrogens (primary N) is 1. The van der Waals surface area contributed by atoms with Crippen molar-refractivity contribution in [1.29, 1.82) is 0 Å². The number of nitrogens with zero attached hydrogens (tertiary/aromatic N) is 2. The molecule has 5 heteroatoms. The number of hydrogen-bond donors (Lipinski definition) is 1. The van der Waals surface area contributed by atoms with Crippen LogP contribution >= 0.6 is 0 Å². The first-order valence-corrected chi connectivity index (χ1v) is 9.80. The Balaban J connectivity index is 1.60. The maximum atomic E-state index is 13.0. The molecule has 2 N–H and O–H groups in total. The maximum Gasteiger partial charge on any atom is 0.253 e. The second-order valence-corrected chi connectivity index (χ2v) is 7.23. The lowest BCUT2D eigenvalue weighted by molar-refractivity contribution is 0.0539. The maximum absolute atomic E-state index is 13.0. The molecule has 28 heavy (non-hydrogen) atoms. The lowest BCUT2D eigenvalue weighted by Crippen LogP contribution is -2.37. The van der Waals surface area contributed by atoms with Gasteiger partial charge in [-0.1, -0.05) is 24.3 Å². The van der Waals surface area contributed by atoms with Crippen molar-refractivity contribution in [3.63, 3.8) is 0 Å². The molecule has 0 unspecified atom stereocenters. The van der Waals surface area contributed by atoms with E-state index in [1.165, 1.54) is 0 Å². The molecule has 2 heterocycles. The van der Waals surface area contributed by atoms with E-state index in [2.05, 4.69) is 11.1 Å². The van der Waals surface area contributed by atoms with Crippen molar-refractivity contribution < 1.29 is 9.53 Å². The van der Waals surface area contributed by atoms with Gasteiger partial charge in [-0.05, 0) is 60.5 Å². The van der Waals surface area contributed by atoms with Crippen LogP contribution in [0.1, 0.15) is 30.1 Å². The number of fused-ring (bicyclic) bond motifs is 1. The summed E-state index contributed by atoms with van der Waals surface area (Å²) in [6.07, 6.45) is 4.04. The van der Waals surface area contributed by atoms with Crippen LogP contribution in [0.3, 0.4) is 0 Å². The van der Waals surface area contributed by atoms with E-state index < -0.39 is 0 Å². The molecule has 1 fully saturated rings. The number of likely N-dealkylation sites (N-methyl/N-ethyl adjacent to an activating group) is 1. The highest BCUT2D eigenvalue weighted by Crippen LogP contribution is 2.26. The average Bonchev–Trinajstić information content (AvgIpc) is 3.24. The third kappa shape index (κ3) is 3.85. The fraction of sp³-hybridized carbons (Fsp3) is 0.304. The molecule has 1 saturated heterocycles. The van der Waals surface area contributed by atoms with Crippen molar-refractivity contribution in [2.24, 2.45) is 0 Å². The molecule has 0 radical (unpaired) electrons. The van der Waals surface area contributed by atoms with Gasteiger partial charge < -0.3 is 15.4 Å². The minimum absolute atomic E-state index is 0.0501. The Labute approximate surface area is 165 Å². The lowest BCUT2D eigenvalue weighted by atomic mass is 10.00. The summed E-state index contributed by atoms with van der Waals surface area (Å²) < 4.78 is 5.71. The Morgan fingerprint density at radius 3 is 2.82 bits per heavy atom. The zero-order valence-corrected chi connectivity index (χ0v) is 16.1. The van der Waals surface area contributed by atoms with Crippen molar-refractivity contribution in [2.75, 3.05) is 25.4 Å². The van der Waals surface area contributed by atoms with Crippen molar-refractivity contribution in [3.8, 4) is 11.1 Å². The summed E-state index contributed by atoms with van der Waals surface area (Å²) in [6, 6.07) is 15.8. The zero-order chi connectivity index (χ0) is 19.5. The van der Waals surface area contributed by atoms with E-state index in [0.29, 0.717) is 24.5 Å². The van der Waals surface area contributed by atoms with Crippen molar-refractivity contribution in [1.82, 2.24) is 9.88 Å². The number of pyridine rings is 1. The van der Waals surface area contributed by atoms with Gasteiger partial charge in [0.2, 0.25) is 0 Å². The van der Waals surface area contributed by atoms with Crippen LogP contribution in [-0.4, -0.2) is 41.6 Å². The lowest BCUT2D eigenvalue weighted by Gasteiger charge is -2.24. The van der Waals surface area contributed by atoms with E-state index in [1.807, 2.05) is 54.3 Å². The molecule has 2 aromatic carbocycles. The van der Waals surface area contributed by atoms with Gasteiger partial charge in [0.1, 0.15) is 5.82 Å². The predicted molar refractivity (Wildman–Crippen MR) is 112 cm³/mol. The summed E-state index contributed by atoms with van der Waals surface area (Å²) in [6.45, 7) is 4.14. The number of aromatic nitrogens is 1. The second-order valence-electron chi connectivity index (χ2n) is 7.23. The van der Waals surface area contributed by atoms with Gasteiger partial charge in [-0.3, -0.25) is 4.79 Å². The Morgan fingerprint density at radius 1 is 1.18 bits per heavy atom. The smallest absolute Gasteiger partial charge is 0.253 e. The molecule has 1 aliphatic heterocycles. The van der Waals surface area contributed by atoms with Crippen LogP contribution in [0.4, 0.5) is 5.82 Å². The van der Waals surface area contributed by atoms with Crippen molar-refractivity contribution in [2.45, 2.75) is 25.9 Å². The van der Waals surface area contributed by atoms with E-state index in [0.717, 1.165) is 41.3 Å². The number of ether oxygens (including phenoxy) is 1. The number of carbonyl (C=O) groups is 1. The molecule has 1 aliphatic rings. The standard InChI is InChI=1S/C23H25N3O2/c1-2-26(15-21-7-4-10-28-21)23(27)18-6-3-5-16(11-18)17-8-9-19-14-25-22(24)13-20(19)12-17/h3,5-6,8-9,11-14,21H,2,4,7,10,15H2,1H3,(H2,24,25)/t21-/m0/s1. The van der Waals surface area contributed by atoms with Crippen LogP contribution in [0.2, 0.25) is 0 Å². The summed E-state index contributed by atoms with van der Waals surface area (Å²) in [5.74, 6) is 0.551. The first-order chi connectivity index (χ1) is 13.6. The highest BCUT2D eigenvalue weighted by atomic mass is 16.5. The normalized spacial score (nSPS) is 16.4. The minimum Gasteiger partial charge on any atom is -0.384 e. The summed E-state index contributed by atoms with van der Waals surface area (Å²) in [7, 11) is 0. The highest BCUT2D eigenvalue weighted by Gasteiger charge is 2.22. The molecular weight excluding hydrogens is 350 g/mol. The van der Waals surface area contributed by atoms with E-state index in [4.69, 9.17) is 10.5 Å². The highest BCUT2D eigenvalue weighted by molar-refractivity contribution is 5.96. The van der Waals surface area contributed by atoms with Gasteiger partial charge in [0, 0.05) is 36.8 Å². The topological polar surface area (TPSA) is 68.5 Å². The van der Waals surface area contributed by atoms with Crippen molar-refractivity contribution >= 4 is 22.5 Å². The SMILES string of the molecule is CCN(C[C@@H]1CCCO1)C(=O)c1cccc(-c2ccc3cnc(N)cc3c2)c1. The first-order valence-electron chi connectivity index (χ1n) is 9.80. The molecule has 3 aromatic rings. The second kappa shape index (κ2) is 7.98. The molecule has 0 saturated carbocycles. The number of benzene rings is 2. The van der Waals surface area contributed by atoms with Crippen LogP contribution in [0.25, 0.3) is 21.9 Å². The summed E-state index contributed by atoms with van der Waals surface area (Å²) in [4.78, 5) is 19.1. The molecule has 144 valence electrons. The number of carbonyl (C=O) groups excluding carboxylic acids is 1. The number of nitrogen functional groups attached to an aromatic ring is 1. The third-order valence-corrected chi connectivity index (χ3v) is 5.30. The minimum atomic E-state index is 0.0501. The Kier molecular flexibility index (Phi) is 5.26. The van der Waals surface area contributed by atoms with Gasteiger partial charge in [0.05, 0.1) is 6.10 Å². The van der Waals surface area contributed by atoms with Gasteiger partial charge in [-0.15, -0.1) is 0 Å². The van der Waals surface area contributed by atoms with Crippen LogP contribution < -0.4 is 5.73 Å². The van der Waals surface area contributed by atoms with Crippen LogP contribution in [-0.2, 0) is 4.74 Å². The number of amides is 1.